The predicted molar refractivity (Wildman–Crippen MR) is 98.7 cm³/mol. The van der Waals surface area contributed by atoms with Crippen LogP contribution in [-0.2, 0) is 11.8 Å². The zero-order valence-corrected chi connectivity index (χ0v) is 15.3. The molecule has 25 heavy (non-hydrogen) atoms. The van der Waals surface area contributed by atoms with E-state index < -0.39 is 0 Å². The van der Waals surface area contributed by atoms with Crippen LogP contribution in [0.15, 0.2) is 30.3 Å². The molecule has 0 bridgehead atoms. The first kappa shape index (κ1) is 18.5. The summed E-state index contributed by atoms with van der Waals surface area (Å²) in [4.78, 5) is 24.1. The largest absolute Gasteiger partial charge is 0.376 e. The Morgan fingerprint density at radius 2 is 1.80 bits per heavy atom. The van der Waals surface area contributed by atoms with Crippen molar-refractivity contribution in [2.75, 3.05) is 17.2 Å². The van der Waals surface area contributed by atoms with Gasteiger partial charge in [-0.25, -0.2) is 0 Å². The summed E-state index contributed by atoms with van der Waals surface area (Å²) in [6.45, 7) is 7.79. The van der Waals surface area contributed by atoms with Gasteiger partial charge in [-0.3, -0.25) is 14.3 Å². The third-order valence-corrected chi connectivity index (χ3v) is 3.36. The normalized spacial score (nSPS) is 11.1. The van der Waals surface area contributed by atoms with Gasteiger partial charge < -0.3 is 16.0 Å². The number of hydrogen-bond acceptors (Lipinski definition) is 4. The Hall–Kier alpha value is -2.83. The van der Waals surface area contributed by atoms with Crippen molar-refractivity contribution in [2.45, 2.75) is 33.2 Å². The van der Waals surface area contributed by atoms with Crippen molar-refractivity contribution in [1.82, 2.24) is 15.1 Å². The number of nitrogens with zero attached hydrogens (tertiary/aromatic N) is 2. The molecule has 1 aromatic carbocycles. The van der Waals surface area contributed by atoms with Crippen molar-refractivity contribution < 1.29 is 9.59 Å². The number of hydrogen-bond donors (Lipinski definition) is 3. The number of carbonyl (C=O) groups excluding carboxylic acids is 2. The average Bonchev–Trinajstić information content (AvgIpc) is 2.81. The Balaban J connectivity index is 1.88. The van der Waals surface area contributed by atoms with Crippen LogP contribution in [0, 0.1) is 6.92 Å². The van der Waals surface area contributed by atoms with Gasteiger partial charge in [0, 0.05) is 29.9 Å². The quantitative estimate of drug-likeness (QED) is 0.777. The molecule has 1 heterocycles. The fourth-order valence-electron chi connectivity index (χ4n) is 2.25. The molecule has 7 nitrogen and oxygen atoms in total. The van der Waals surface area contributed by atoms with Gasteiger partial charge in [-0.2, -0.15) is 5.10 Å². The third kappa shape index (κ3) is 5.63. The molecule has 134 valence electrons. The van der Waals surface area contributed by atoms with Crippen molar-refractivity contribution in [3.05, 3.63) is 41.6 Å². The van der Waals surface area contributed by atoms with Gasteiger partial charge in [-0.05, 0) is 52.0 Å². The summed E-state index contributed by atoms with van der Waals surface area (Å²) in [5.74, 6) is 0.361. The fraction of sp³-hybridized carbons (Fsp3) is 0.389. The lowest BCUT2D eigenvalue weighted by Gasteiger charge is -2.20. The van der Waals surface area contributed by atoms with E-state index in [2.05, 4.69) is 21.0 Å². The van der Waals surface area contributed by atoms with Crippen LogP contribution < -0.4 is 16.0 Å². The van der Waals surface area contributed by atoms with Gasteiger partial charge in [-0.1, -0.05) is 0 Å². The zero-order valence-electron chi connectivity index (χ0n) is 15.3. The van der Waals surface area contributed by atoms with E-state index in [-0.39, 0.29) is 23.9 Å². The lowest BCUT2D eigenvalue weighted by atomic mass is 10.1. The number of aromatic nitrogens is 2. The van der Waals surface area contributed by atoms with Gasteiger partial charge >= 0.3 is 0 Å². The summed E-state index contributed by atoms with van der Waals surface area (Å²) in [6.07, 6.45) is 0. The predicted octanol–water partition coefficient (Wildman–Crippen LogP) is 2.31. The van der Waals surface area contributed by atoms with E-state index in [0.717, 1.165) is 11.4 Å². The molecule has 0 fully saturated rings. The van der Waals surface area contributed by atoms with Crippen molar-refractivity contribution in [3.63, 3.8) is 0 Å². The Morgan fingerprint density at radius 3 is 2.32 bits per heavy atom. The molecule has 7 heteroatoms. The number of benzene rings is 1. The topological polar surface area (TPSA) is 88.0 Å². The van der Waals surface area contributed by atoms with Crippen LogP contribution in [0.2, 0.25) is 0 Å². The summed E-state index contributed by atoms with van der Waals surface area (Å²) in [5.41, 5.74) is 1.91. The van der Waals surface area contributed by atoms with Crippen LogP contribution in [0.3, 0.4) is 0 Å². The molecule has 2 rings (SSSR count). The van der Waals surface area contributed by atoms with E-state index in [1.165, 1.54) is 0 Å². The maximum atomic E-state index is 12.1. The van der Waals surface area contributed by atoms with E-state index >= 15 is 0 Å². The van der Waals surface area contributed by atoms with Gasteiger partial charge in [0.1, 0.15) is 5.82 Å². The molecule has 0 aliphatic heterocycles. The second-order valence-corrected chi connectivity index (χ2v) is 6.98. The van der Waals surface area contributed by atoms with Crippen LogP contribution >= 0.6 is 0 Å². The minimum absolute atomic E-state index is 0.122. The molecule has 0 aliphatic carbocycles. The minimum atomic E-state index is -0.282. The van der Waals surface area contributed by atoms with Crippen molar-refractivity contribution >= 4 is 23.3 Å². The standard InChI is InChI=1S/C18H25N5O2/c1-12-10-15(23(5)22-12)20-16(24)11-19-14-8-6-13(7-9-14)17(25)21-18(2,3)4/h6-10,19H,11H2,1-5H3,(H,20,24)(H,21,25). The summed E-state index contributed by atoms with van der Waals surface area (Å²) in [7, 11) is 1.78. The van der Waals surface area contributed by atoms with Crippen molar-refractivity contribution in [2.24, 2.45) is 7.05 Å². The van der Waals surface area contributed by atoms with Gasteiger partial charge in [-0.15, -0.1) is 0 Å². The SMILES string of the molecule is Cc1cc(NC(=O)CNc2ccc(C(=O)NC(C)(C)C)cc2)n(C)n1. The molecular weight excluding hydrogens is 318 g/mol. The van der Waals surface area contributed by atoms with E-state index in [0.29, 0.717) is 11.4 Å². The molecule has 3 N–H and O–H groups in total. The number of amides is 2. The Kier molecular flexibility index (Phi) is 5.46. The maximum Gasteiger partial charge on any atom is 0.251 e. The smallest absolute Gasteiger partial charge is 0.251 e. The van der Waals surface area contributed by atoms with Crippen LogP contribution in [0.4, 0.5) is 11.5 Å². The summed E-state index contributed by atoms with van der Waals surface area (Å²) < 4.78 is 1.62. The molecular formula is C18H25N5O2. The van der Waals surface area contributed by atoms with Gasteiger partial charge in [0.15, 0.2) is 0 Å². The van der Waals surface area contributed by atoms with Gasteiger partial charge in [0.05, 0.1) is 12.2 Å². The fourth-order valence-corrected chi connectivity index (χ4v) is 2.25. The minimum Gasteiger partial charge on any atom is -0.376 e. The van der Waals surface area contributed by atoms with Crippen LogP contribution in [0.5, 0.6) is 0 Å². The highest BCUT2D eigenvalue weighted by atomic mass is 16.2. The number of rotatable bonds is 5. The first-order valence-electron chi connectivity index (χ1n) is 8.11. The highest BCUT2D eigenvalue weighted by Crippen LogP contribution is 2.11. The molecule has 0 spiro atoms. The highest BCUT2D eigenvalue weighted by Gasteiger charge is 2.15. The molecule has 1 aromatic heterocycles. The number of carbonyl (C=O) groups is 2. The molecule has 2 amide bonds. The number of nitrogens with one attached hydrogen (secondary N) is 3. The van der Waals surface area contributed by atoms with E-state index in [1.54, 1.807) is 42.1 Å². The zero-order chi connectivity index (χ0) is 18.6. The van der Waals surface area contributed by atoms with E-state index in [9.17, 15) is 9.59 Å². The maximum absolute atomic E-state index is 12.1. The monoisotopic (exact) mass is 343 g/mol. The summed E-state index contributed by atoms with van der Waals surface area (Å²) in [5, 5.41) is 12.9. The lowest BCUT2D eigenvalue weighted by molar-refractivity contribution is -0.114. The average molecular weight is 343 g/mol. The first-order valence-corrected chi connectivity index (χ1v) is 8.11. The summed E-state index contributed by atoms with van der Waals surface area (Å²) in [6, 6.07) is 8.82. The highest BCUT2D eigenvalue weighted by molar-refractivity contribution is 5.95. The molecule has 0 saturated heterocycles. The lowest BCUT2D eigenvalue weighted by Crippen LogP contribution is -2.40. The molecule has 0 aliphatic rings. The summed E-state index contributed by atoms with van der Waals surface area (Å²) >= 11 is 0. The van der Waals surface area contributed by atoms with E-state index in [1.807, 2.05) is 27.7 Å². The first-order chi connectivity index (χ1) is 11.6. The van der Waals surface area contributed by atoms with Crippen molar-refractivity contribution in [3.8, 4) is 0 Å². The second kappa shape index (κ2) is 7.38. The molecule has 0 saturated carbocycles. The molecule has 0 radical (unpaired) electrons. The van der Waals surface area contributed by atoms with Crippen LogP contribution in [0.25, 0.3) is 0 Å². The van der Waals surface area contributed by atoms with E-state index in [4.69, 9.17) is 0 Å². The molecule has 0 unspecified atom stereocenters. The Labute approximate surface area is 147 Å². The molecule has 0 atom stereocenters. The second-order valence-electron chi connectivity index (χ2n) is 6.98. The number of anilines is 2. The third-order valence-electron chi connectivity index (χ3n) is 3.36. The van der Waals surface area contributed by atoms with Gasteiger partial charge in [0.2, 0.25) is 5.91 Å². The van der Waals surface area contributed by atoms with Crippen LogP contribution in [-0.4, -0.2) is 33.7 Å². The molecule has 2 aromatic rings. The Bertz CT molecular complexity index is 757. The number of aryl methyl sites for hydroxylation is 2. The van der Waals surface area contributed by atoms with Gasteiger partial charge in [0.25, 0.3) is 5.91 Å². The van der Waals surface area contributed by atoms with Crippen LogP contribution in [0.1, 0.15) is 36.8 Å². The van der Waals surface area contributed by atoms with Crippen molar-refractivity contribution in [1.29, 1.82) is 0 Å². The Morgan fingerprint density at radius 1 is 1.16 bits per heavy atom.